The molecular weight excluding hydrogens is 224 g/mol. The molecule has 18 heavy (non-hydrogen) atoms. The van der Waals surface area contributed by atoms with Gasteiger partial charge < -0.3 is 10.6 Å². The molecule has 3 heteroatoms. The van der Waals surface area contributed by atoms with E-state index in [1.807, 2.05) is 18.2 Å². The number of rotatable bonds is 3. The Morgan fingerprint density at radius 1 is 1.39 bits per heavy atom. The first-order chi connectivity index (χ1) is 8.68. The van der Waals surface area contributed by atoms with Crippen molar-refractivity contribution in [1.82, 2.24) is 5.32 Å². The molecule has 1 aliphatic rings. The van der Waals surface area contributed by atoms with E-state index in [0.29, 0.717) is 5.92 Å². The molecule has 0 bridgehead atoms. The highest BCUT2D eigenvalue weighted by Crippen LogP contribution is 2.24. The zero-order chi connectivity index (χ0) is 13.0. The maximum absolute atomic E-state index is 12.2. The van der Waals surface area contributed by atoms with Crippen LogP contribution in [-0.4, -0.2) is 19.0 Å². The Hall–Kier alpha value is -1.35. The largest absolute Gasteiger partial charge is 0.326 e. The molecule has 1 heterocycles. The van der Waals surface area contributed by atoms with Gasteiger partial charge >= 0.3 is 0 Å². The minimum Gasteiger partial charge on any atom is -0.326 e. The van der Waals surface area contributed by atoms with Crippen LogP contribution in [0.1, 0.15) is 38.2 Å². The van der Waals surface area contributed by atoms with Gasteiger partial charge in [-0.15, -0.1) is 0 Å². The second-order valence-corrected chi connectivity index (χ2v) is 5.27. The molecule has 1 aromatic carbocycles. The van der Waals surface area contributed by atoms with Crippen LogP contribution < -0.4 is 10.6 Å². The standard InChI is InChI=1S/C15H22N2O/c1-11(2)13-7-3-4-8-14(13)17-15(18)12-6-5-9-16-10-12/h3-4,7-8,11-12,16H,5-6,9-10H2,1-2H3,(H,17,18). The summed E-state index contributed by atoms with van der Waals surface area (Å²) < 4.78 is 0. The number of hydrogen-bond donors (Lipinski definition) is 2. The van der Waals surface area contributed by atoms with Crippen LogP contribution in [0, 0.1) is 5.92 Å². The monoisotopic (exact) mass is 246 g/mol. The maximum Gasteiger partial charge on any atom is 0.228 e. The summed E-state index contributed by atoms with van der Waals surface area (Å²) in [6.45, 7) is 6.13. The third-order valence-electron chi connectivity index (χ3n) is 3.51. The van der Waals surface area contributed by atoms with Crippen molar-refractivity contribution < 1.29 is 4.79 Å². The fourth-order valence-corrected chi connectivity index (χ4v) is 2.42. The van der Waals surface area contributed by atoms with E-state index >= 15 is 0 Å². The molecular formula is C15H22N2O. The van der Waals surface area contributed by atoms with Gasteiger partial charge in [0.15, 0.2) is 0 Å². The average molecular weight is 246 g/mol. The summed E-state index contributed by atoms with van der Waals surface area (Å²) in [5.74, 6) is 0.681. The fourth-order valence-electron chi connectivity index (χ4n) is 2.42. The Kier molecular flexibility index (Phi) is 4.37. The van der Waals surface area contributed by atoms with Crippen LogP contribution in [0.5, 0.6) is 0 Å². The van der Waals surface area contributed by atoms with E-state index < -0.39 is 0 Å². The van der Waals surface area contributed by atoms with Crippen molar-refractivity contribution in [2.45, 2.75) is 32.6 Å². The second-order valence-electron chi connectivity index (χ2n) is 5.27. The zero-order valence-corrected chi connectivity index (χ0v) is 11.2. The lowest BCUT2D eigenvalue weighted by molar-refractivity contribution is -0.120. The quantitative estimate of drug-likeness (QED) is 0.861. The predicted molar refractivity (Wildman–Crippen MR) is 74.8 cm³/mol. The van der Waals surface area contributed by atoms with Gasteiger partial charge in [0.25, 0.3) is 0 Å². The van der Waals surface area contributed by atoms with E-state index in [9.17, 15) is 4.79 Å². The van der Waals surface area contributed by atoms with Crippen molar-refractivity contribution in [3.63, 3.8) is 0 Å². The summed E-state index contributed by atoms with van der Waals surface area (Å²) in [6, 6.07) is 8.07. The van der Waals surface area contributed by atoms with Gasteiger partial charge in [-0.25, -0.2) is 0 Å². The van der Waals surface area contributed by atoms with E-state index in [2.05, 4.69) is 30.5 Å². The Labute approximate surface area is 109 Å². The minimum atomic E-state index is 0.110. The van der Waals surface area contributed by atoms with Crippen molar-refractivity contribution in [1.29, 1.82) is 0 Å². The van der Waals surface area contributed by atoms with Crippen molar-refractivity contribution in [3.8, 4) is 0 Å². The van der Waals surface area contributed by atoms with Crippen LogP contribution in [0.2, 0.25) is 0 Å². The number of benzene rings is 1. The highest BCUT2D eigenvalue weighted by atomic mass is 16.1. The minimum absolute atomic E-state index is 0.110. The topological polar surface area (TPSA) is 41.1 Å². The van der Waals surface area contributed by atoms with Crippen molar-refractivity contribution in [2.75, 3.05) is 18.4 Å². The van der Waals surface area contributed by atoms with E-state index in [4.69, 9.17) is 0 Å². The predicted octanol–water partition coefficient (Wildman–Crippen LogP) is 2.75. The lowest BCUT2D eigenvalue weighted by atomic mass is 9.97. The van der Waals surface area contributed by atoms with E-state index in [1.165, 1.54) is 5.56 Å². The van der Waals surface area contributed by atoms with E-state index in [-0.39, 0.29) is 11.8 Å². The number of carbonyl (C=O) groups excluding carboxylic acids is 1. The van der Waals surface area contributed by atoms with Crippen molar-refractivity contribution in [2.24, 2.45) is 5.92 Å². The molecule has 1 fully saturated rings. The summed E-state index contributed by atoms with van der Waals surface area (Å²) >= 11 is 0. The molecule has 0 spiro atoms. The third-order valence-corrected chi connectivity index (χ3v) is 3.51. The summed E-state index contributed by atoms with van der Waals surface area (Å²) in [5, 5.41) is 6.36. The molecule has 2 N–H and O–H groups in total. The van der Waals surface area contributed by atoms with Crippen molar-refractivity contribution >= 4 is 11.6 Å². The Morgan fingerprint density at radius 2 is 2.17 bits per heavy atom. The first-order valence-electron chi connectivity index (χ1n) is 6.79. The fraction of sp³-hybridized carbons (Fsp3) is 0.533. The van der Waals surface area contributed by atoms with Gasteiger partial charge in [0.1, 0.15) is 0 Å². The third kappa shape index (κ3) is 3.10. The Balaban J connectivity index is 2.06. The molecule has 3 nitrogen and oxygen atoms in total. The van der Waals surface area contributed by atoms with Gasteiger partial charge in [-0.3, -0.25) is 4.79 Å². The lowest BCUT2D eigenvalue weighted by Gasteiger charge is -2.23. The number of nitrogens with one attached hydrogen (secondary N) is 2. The van der Waals surface area contributed by atoms with Gasteiger partial charge in [-0.2, -0.15) is 0 Å². The van der Waals surface area contributed by atoms with Gasteiger partial charge in [0.2, 0.25) is 5.91 Å². The number of piperidine rings is 1. The van der Waals surface area contributed by atoms with Gasteiger partial charge in [0.05, 0.1) is 5.92 Å². The van der Waals surface area contributed by atoms with Crippen LogP contribution >= 0.6 is 0 Å². The molecule has 0 aromatic heterocycles. The smallest absolute Gasteiger partial charge is 0.228 e. The van der Waals surface area contributed by atoms with Gasteiger partial charge in [0, 0.05) is 12.2 Å². The number of hydrogen-bond acceptors (Lipinski definition) is 2. The van der Waals surface area contributed by atoms with Crippen LogP contribution in [0.25, 0.3) is 0 Å². The number of anilines is 1. The van der Waals surface area contributed by atoms with E-state index in [0.717, 1.165) is 31.6 Å². The number of para-hydroxylation sites is 1. The molecule has 1 saturated heterocycles. The molecule has 1 amide bonds. The Bertz CT molecular complexity index is 409. The molecule has 0 aliphatic carbocycles. The Morgan fingerprint density at radius 3 is 2.83 bits per heavy atom. The first kappa shape index (κ1) is 13.1. The molecule has 0 saturated carbocycles. The molecule has 1 unspecified atom stereocenters. The molecule has 98 valence electrons. The highest BCUT2D eigenvalue weighted by Gasteiger charge is 2.21. The maximum atomic E-state index is 12.2. The average Bonchev–Trinajstić information content (AvgIpc) is 2.40. The zero-order valence-electron chi connectivity index (χ0n) is 11.2. The summed E-state index contributed by atoms with van der Waals surface area (Å²) in [7, 11) is 0. The van der Waals surface area contributed by atoms with Gasteiger partial charge in [-0.1, -0.05) is 32.0 Å². The summed E-state index contributed by atoms with van der Waals surface area (Å²) in [4.78, 5) is 12.2. The SMILES string of the molecule is CC(C)c1ccccc1NC(=O)C1CCCNC1. The molecule has 0 radical (unpaired) electrons. The molecule has 1 aliphatic heterocycles. The van der Waals surface area contributed by atoms with Crippen molar-refractivity contribution in [3.05, 3.63) is 29.8 Å². The van der Waals surface area contributed by atoms with Crippen LogP contribution in [0.3, 0.4) is 0 Å². The second kappa shape index (κ2) is 6.01. The van der Waals surface area contributed by atoms with E-state index in [1.54, 1.807) is 0 Å². The van der Waals surface area contributed by atoms with Gasteiger partial charge in [-0.05, 0) is 36.9 Å². The summed E-state index contributed by atoms with van der Waals surface area (Å²) in [6.07, 6.45) is 2.08. The molecule has 1 atom stereocenters. The first-order valence-corrected chi connectivity index (χ1v) is 6.79. The summed E-state index contributed by atoms with van der Waals surface area (Å²) in [5.41, 5.74) is 2.16. The molecule has 1 aromatic rings. The number of carbonyl (C=O) groups is 1. The van der Waals surface area contributed by atoms with Crippen LogP contribution in [-0.2, 0) is 4.79 Å². The van der Waals surface area contributed by atoms with Crippen LogP contribution in [0.4, 0.5) is 5.69 Å². The molecule has 2 rings (SSSR count). The number of amides is 1. The van der Waals surface area contributed by atoms with Crippen LogP contribution in [0.15, 0.2) is 24.3 Å². The highest BCUT2D eigenvalue weighted by molar-refractivity contribution is 5.93. The normalized spacial score (nSPS) is 19.8. The lowest BCUT2D eigenvalue weighted by Crippen LogP contribution is -2.37.